The maximum absolute atomic E-state index is 13.6. The summed E-state index contributed by atoms with van der Waals surface area (Å²) in [6.45, 7) is 2.54. The first-order valence-corrected chi connectivity index (χ1v) is 7.34. The van der Waals surface area contributed by atoms with E-state index in [1.807, 2.05) is 6.92 Å². The monoisotopic (exact) mass is 314 g/mol. The Morgan fingerprint density at radius 3 is 2.24 bits per heavy atom. The molecule has 0 radical (unpaired) electrons. The summed E-state index contributed by atoms with van der Waals surface area (Å²) in [6, 6.07) is 2.73. The Labute approximate surface area is 124 Å². The Morgan fingerprint density at radius 1 is 1.05 bits per heavy atom. The fourth-order valence-corrected chi connectivity index (χ4v) is 2.02. The van der Waals surface area contributed by atoms with E-state index in [4.69, 9.17) is 0 Å². The van der Waals surface area contributed by atoms with Crippen molar-refractivity contribution in [1.82, 2.24) is 9.97 Å². The molecule has 112 valence electrons. The maximum Gasteiger partial charge on any atom is 0.191 e. The Bertz CT molecular complexity index is 628. The van der Waals surface area contributed by atoms with E-state index in [1.165, 1.54) is 17.8 Å². The number of aromatic nitrogens is 2. The first kappa shape index (κ1) is 15.4. The van der Waals surface area contributed by atoms with Crippen LogP contribution in [0.3, 0.4) is 0 Å². The predicted octanol–water partition coefficient (Wildman–Crippen LogP) is 3.79. The summed E-state index contributed by atoms with van der Waals surface area (Å²) < 4.78 is 40.1. The molecule has 2 aromatic rings. The van der Waals surface area contributed by atoms with Gasteiger partial charge >= 0.3 is 0 Å². The standard InChI is InChI=1S/C13H13F3N4S/c1-3-17-10-6-11(20-13(19-10)21-2)18-12-8(15)4-7(14)5-9(12)16/h4-6H,3H2,1-2H3,(H2,17,18,19,20). The Morgan fingerprint density at radius 2 is 1.67 bits per heavy atom. The van der Waals surface area contributed by atoms with Crippen molar-refractivity contribution in [2.75, 3.05) is 23.4 Å². The molecule has 0 aliphatic carbocycles. The topological polar surface area (TPSA) is 49.8 Å². The smallest absolute Gasteiger partial charge is 0.191 e. The normalized spacial score (nSPS) is 10.5. The highest BCUT2D eigenvalue weighted by Crippen LogP contribution is 2.25. The van der Waals surface area contributed by atoms with Gasteiger partial charge in [0.25, 0.3) is 0 Å². The van der Waals surface area contributed by atoms with Crippen molar-refractivity contribution in [3.05, 3.63) is 35.7 Å². The van der Waals surface area contributed by atoms with Crippen LogP contribution in [0, 0.1) is 17.5 Å². The lowest BCUT2D eigenvalue weighted by Gasteiger charge is -2.11. The summed E-state index contributed by atoms with van der Waals surface area (Å²) in [4.78, 5) is 8.30. The number of hydrogen-bond donors (Lipinski definition) is 2. The van der Waals surface area contributed by atoms with Crippen molar-refractivity contribution < 1.29 is 13.2 Å². The van der Waals surface area contributed by atoms with Crippen LogP contribution in [0.15, 0.2) is 23.4 Å². The van der Waals surface area contributed by atoms with Gasteiger partial charge in [-0.1, -0.05) is 11.8 Å². The molecule has 0 saturated heterocycles. The highest BCUT2D eigenvalue weighted by atomic mass is 32.2. The van der Waals surface area contributed by atoms with E-state index in [9.17, 15) is 13.2 Å². The fourth-order valence-electron chi connectivity index (χ4n) is 1.64. The second kappa shape index (κ2) is 6.66. The SMILES string of the molecule is CCNc1cc(Nc2c(F)cc(F)cc2F)nc(SC)n1. The van der Waals surface area contributed by atoms with Gasteiger partial charge in [0.15, 0.2) is 16.8 Å². The van der Waals surface area contributed by atoms with Crippen LogP contribution in [0.25, 0.3) is 0 Å². The molecule has 1 aromatic carbocycles. The largest absolute Gasteiger partial charge is 0.370 e. The lowest BCUT2D eigenvalue weighted by molar-refractivity contribution is 0.548. The first-order chi connectivity index (χ1) is 10.0. The number of benzene rings is 1. The van der Waals surface area contributed by atoms with Crippen molar-refractivity contribution in [2.45, 2.75) is 12.1 Å². The molecule has 1 aromatic heterocycles. The van der Waals surface area contributed by atoms with Gasteiger partial charge in [-0.3, -0.25) is 0 Å². The van der Waals surface area contributed by atoms with Crippen molar-refractivity contribution in [1.29, 1.82) is 0 Å². The van der Waals surface area contributed by atoms with Crippen molar-refractivity contribution in [3.8, 4) is 0 Å². The average Bonchev–Trinajstić information content (AvgIpc) is 2.43. The predicted molar refractivity (Wildman–Crippen MR) is 77.6 cm³/mol. The molecule has 2 N–H and O–H groups in total. The van der Waals surface area contributed by atoms with Gasteiger partial charge in [-0.05, 0) is 13.2 Å². The van der Waals surface area contributed by atoms with Crippen molar-refractivity contribution >= 4 is 29.1 Å². The zero-order valence-electron chi connectivity index (χ0n) is 11.4. The van der Waals surface area contributed by atoms with Crippen LogP contribution in [0.1, 0.15) is 6.92 Å². The number of hydrogen-bond acceptors (Lipinski definition) is 5. The second-order valence-electron chi connectivity index (χ2n) is 4.02. The fraction of sp³-hybridized carbons (Fsp3) is 0.231. The summed E-state index contributed by atoms with van der Waals surface area (Å²) in [7, 11) is 0. The Balaban J connectivity index is 2.37. The molecule has 1 heterocycles. The van der Waals surface area contributed by atoms with E-state index in [1.54, 1.807) is 6.26 Å². The van der Waals surface area contributed by atoms with Crippen LogP contribution >= 0.6 is 11.8 Å². The van der Waals surface area contributed by atoms with Gasteiger partial charge < -0.3 is 10.6 Å². The molecular weight excluding hydrogens is 301 g/mol. The molecule has 0 aliphatic heterocycles. The van der Waals surface area contributed by atoms with Gasteiger partial charge in [0.1, 0.15) is 23.1 Å². The van der Waals surface area contributed by atoms with Gasteiger partial charge in [-0.2, -0.15) is 0 Å². The summed E-state index contributed by atoms with van der Waals surface area (Å²) in [5.41, 5.74) is -0.454. The molecule has 21 heavy (non-hydrogen) atoms. The Kier molecular flexibility index (Phi) is 4.89. The lowest BCUT2D eigenvalue weighted by atomic mass is 10.2. The van der Waals surface area contributed by atoms with E-state index in [2.05, 4.69) is 20.6 Å². The molecule has 8 heteroatoms. The minimum Gasteiger partial charge on any atom is -0.370 e. The zero-order valence-corrected chi connectivity index (χ0v) is 12.2. The van der Waals surface area contributed by atoms with Gasteiger partial charge in [0, 0.05) is 24.7 Å². The third kappa shape index (κ3) is 3.78. The summed E-state index contributed by atoms with van der Waals surface area (Å²) in [5, 5.41) is 5.96. The highest BCUT2D eigenvalue weighted by molar-refractivity contribution is 7.98. The second-order valence-corrected chi connectivity index (χ2v) is 4.80. The van der Waals surface area contributed by atoms with E-state index >= 15 is 0 Å². The van der Waals surface area contributed by atoms with Crippen LogP contribution < -0.4 is 10.6 Å². The van der Waals surface area contributed by atoms with Gasteiger partial charge in [0.05, 0.1) is 0 Å². The molecule has 0 aliphatic rings. The van der Waals surface area contributed by atoms with E-state index < -0.39 is 23.1 Å². The molecular formula is C13H13F3N4S. The Hall–Kier alpha value is -1.96. The maximum atomic E-state index is 13.6. The summed E-state index contributed by atoms with van der Waals surface area (Å²) in [6.07, 6.45) is 1.79. The molecule has 2 rings (SSSR count). The molecule has 0 bridgehead atoms. The first-order valence-electron chi connectivity index (χ1n) is 6.12. The van der Waals surface area contributed by atoms with Crippen molar-refractivity contribution in [3.63, 3.8) is 0 Å². The third-order valence-electron chi connectivity index (χ3n) is 2.51. The molecule has 0 amide bonds. The van der Waals surface area contributed by atoms with E-state index in [0.29, 0.717) is 29.7 Å². The number of nitrogens with one attached hydrogen (secondary N) is 2. The molecule has 4 nitrogen and oxygen atoms in total. The summed E-state index contributed by atoms with van der Waals surface area (Å²) >= 11 is 1.29. The van der Waals surface area contributed by atoms with Crippen molar-refractivity contribution in [2.24, 2.45) is 0 Å². The van der Waals surface area contributed by atoms with E-state index in [-0.39, 0.29) is 5.82 Å². The van der Waals surface area contributed by atoms with Crippen LogP contribution in [0.2, 0.25) is 0 Å². The van der Waals surface area contributed by atoms with E-state index in [0.717, 1.165) is 0 Å². The summed E-state index contributed by atoms with van der Waals surface area (Å²) in [5.74, 6) is -2.28. The molecule has 0 unspecified atom stereocenters. The quantitative estimate of drug-likeness (QED) is 0.649. The van der Waals surface area contributed by atoms with Gasteiger partial charge in [-0.15, -0.1) is 0 Å². The highest BCUT2D eigenvalue weighted by Gasteiger charge is 2.13. The number of thioether (sulfide) groups is 1. The van der Waals surface area contributed by atoms with Crippen LogP contribution in [0.4, 0.5) is 30.5 Å². The number of halogens is 3. The average molecular weight is 314 g/mol. The van der Waals surface area contributed by atoms with Gasteiger partial charge in [0.2, 0.25) is 0 Å². The minimum absolute atomic E-state index is 0.217. The molecule has 0 fully saturated rings. The number of rotatable bonds is 5. The minimum atomic E-state index is -1.03. The molecule has 0 saturated carbocycles. The molecule has 0 atom stereocenters. The third-order valence-corrected chi connectivity index (χ3v) is 3.05. The van der Waals surface area contributed by atoms with Crippen LogP contribution in [-0.4, -0.2) is 22.8 Å². The number of anilines is 3. The van der Waals surface area contributed by atoms with Crippen LogP contribution in [0.5, 0.6) is 0 Å². The number of nitrogens with zero attached hydrogens (tertiary/aromatic N) is 2. The zero-order chi connectivity index (χ0) is 15.4. The molecule has 0 spiro atoms. The lowest BCUT2D eigenvalue weighted by Crippen LogP contribution is -2.05. The van der Waals surface area contributed by atoms with Gasteiger partial charge in [-0.25, -0.2) is 23.1 Å². The van der Waals surface area contributed by atoms with Crippen LogP contribution in [-0.2, 0) is 0 Å².